The summed E-state index contributed by atoms with van der Waals surface area (Å²) in [4.78, 5) is 7.10. The van der Waals surface area contributed by atoms with Crippen LogP contribution in [0.3, 0.4) is 0 Å². The van der Waals surface area contributed by atoms with Gasteiger partial charge in [-0.3, -0.25) is 0 Å². The maximum absolute atomic E-state index is 12.8. The third-order valence-corrected chi connectivity index (χ3v) is 9.09. The Hall–Kier alpha value is -1.72. The van der Waals surface area contributed by atoms with Crippen LogP contribution >= 0.6 is 22.9 Å². The third kappa shape index (κ3) is 4.13. The van der Waals surface area contributed by atoms with Crippen molar-refractivity contribution in [3.05, 3.63) is 47.5 Å². The van der Waals surface area contributed by atoms with E-state index in [9.17, 15) is 16.8 Å². The molecule has 1 aromatic heterocycles. The van der Waals surface area contributed by atoms with Crippen molar-refractivity contribution in [3.8, 4) is 0 Å². The van der Waals surface area contributed by atoms with Crippen LogP contribution in [-0.4, -0.2) is 58.6 Å². The van der Waals surface area contributed by atoms with Crippen molar-refractivity contribution in [2.24, 2.45) is 0 Å². The number of halogens is 1. The predicted molar refractivity (Wildman–Crippen MR) is 115 cm³/mol. The minimum absolute atomic E-state index is 0.226. The lowest BCUT2D eigenvalue weighted by atomic mass is 10.3. The molecule has 0 unspecified atom stereocenters. The number of sulfonamides is 1. The van der Waals surface area contributed by atoms with Crippen molar-refractivity contribution in [2.45, 2.75) is 9.79 Å². The molecule has 2 aromatic carbocycles. The van der Waals surface area contributed by atoms with Gasteiger partial charge in [-0.1, -0.05) is 22.9 Å². The van der Waals surface area contributed by atoms with Crippen molar-refractivity contribution in [1.82, 2.24) is 9.29 Å². The van der Waals surface area contributed by atoms with Gasteiger partial charge in [0.2, 0.25) is 10.0 Å². The number of aromatic nitrogens is 1. The molecule has 3 aromatic rings. The second kappa shape index (κ2) is 7.51. The highest BCUT2D eigenvalue weighted by molar-refractivity contribution is 7.90. The molecular formula is C18H18ClN3O4S3. The van der Waals surface area contributed by atoms with Crippen LogP contribution in [0.1, 0.15) is 0 Å². The Kier molecular flexibility index (Phi) is 5.32. The number of sulfone groups is 1. The Morgan fingerprint density at radius 1 is 0.931 bits per heavy atom. The van der Waals surface area contributed by atoms with E-state index >= 15 is 0 Å². The number of nitrogens with zero attached hydrogens (tertiary/aromatic N) is 3. The molecule has 4 rings (SSSR count). The summed E-state index contributed by atoms with van der Waals surface area (Å²) in [6, 6.07) is 11.0. The molecule has 0 bridgehead atoms. The minimum atomic E-state index is -3.57. The van der Waals surface area contributed by atoms with E-state index in [4.69, 9.17) is 11.6 Å². The molecule has 1 saturated heterocycles. The Morgan fingerprint density at radius 2 is 1.55 bits per heavy atom. The number of hydrogen-bond acceptors (Lipinski definition) is 7. The van der Waals surface area contributed by atoms with Crippen LogP contribution in [0.2, 0.25) is 5.02 Å². The van der Waals surface area contributed by atoms with Crippen LogP contribution in [0, 0.1) is 0 Å². The van der Waals surface area contributed by atoms with Gasteiger partial charge in [-0.05, 0) is 42.5 Å². The average molecular weight is 472 g/mol. The molecule has 0 atom stereocenters. The summed E-state index contributed by atoms with van der Waals surface area (Å²) in [7, 11) is -6.85. The molecule has 0 spiro atoms. The van der Waals surface area contributed by atoms with Gasteiger partial charge < -0.3 is 4.90 Å². The minimum Gasteiger partial charge on any atom is -0.345 e. The van der Waals surface area contributed by atoms with Crippen LogP contribution in [0.4, 0.5) is 5.13 Å². The fourth-order valence-corrected chi connectivity index (χ4v) is 6.46. The van der Waals surface area contributed by atoms with Crippen LogP contribution < -0.4 is 4.90 Å². The monoisotopic (exact) mass is 471 g/mol. The van der Waals surface area contributed by atoms with Gasteiger partial charge in [0.05, 0.1) is 20.0 Å². The fourth-order valence-electron chi connectivity index (χ4n) is 3.13. The number of hydrogen-bond donors (Lipinski definition) is 0. The number of thiazole rings is 1. The van der Waals surface area contributed by atoms with Crippen LogP contribution in [-0.2, 0) is 19.9 Å². The normalized spacial score (nSPS) is 16.4. The van der Waals surface area contributed by atoms with Gasteiger partial charge in [-0.2, -0.15) is 4.31 Å². The molecule has 7 nitrogen and oxygen atoms in total. The van der Waals surface area contributed by atoms with E-state index in [-0.39, 0.29) is 9.79 Å². The van der Waals surface area contributed by atoms with E-state index in [1.807, 2.05) is 4.90 Å². The molecule has 0 amide bonds. The Labute approximate surface area is 178 Å². The maximum atomic E-state index is 12.8. The number of fused-ring (bicyclic) bond motifs is 1. The summed E-state index contributed by atoms with van der Waals surface area (Å²) in [6.07, 6.45) is 1.18. The third-order valence-electron chi connectivity index (χ3n) is 4.74. The smallest absolute Gasteiger partial charge is 0.243 e. The van der Waals surface area contributed by atoms with Crippen molar-refractivity contribution >= 4 is 58.1 Å². The van der Waals surface area contributed by atoms with Crippen LogP contribution in [0.5, 0.6) is 0 Å². The van der Waals surface area contributed by atoms with E-state index in [0.29, 0.717) is 31.2 Å². The number of rotatable bonds is 4. The topological polar surface area (TPSA) is 87.7 Å². The molecule has 0 aliphatic carbocycles. The molecule has 2 heterocycles. The number of piperazine rings is 1. The summed E-state index contributed by atoms with van der Waals surface area (Å²) in [5, 5.41) is 1.25. The average Bonchev–Trinajstić information content (AvgIpc) is 3.11. The predicted octanol–water partition coefficient (Wildman–Crippen LogP) is 2.86. The SMILES string of the molecule is CS(=O)(=O)c1ccc2nc(N3CCN(S(=O)(=O)c4ccc(Cl)cc4)CC3)sc2c1. The summed E-state index contributed by atoms with van der Waals surface area (Å²) in [5.74, 6) is 0. The van der Waals surface area contributed by atoms with E-state index < -0.39 is 19.9 Å². The van der Waals surface area contributed by atoms with E-state index in [2.05, 4.69) is 4.98 Å². The number of anilines is 1. The highest BCUT2D eigenvalue weighted by Crippen LogP contribution is 2.31. The van der Waals surface area contributed by atoms with Gasteiger partial charge in [0.15, 0.2) is 15.0 Å². The van der Waals surface area contributed by atoms with Gasteiger partial charge in [0.1, 0.15) is 0 Å². The lowest BCUT2D eigenvalue weighted by molar-refractivity contribution is 0.385. The summed E-state index contributed by atoms with van der Waals surface area (Å²) in [6.45, 7) is 1.70. The zero-order valence-corrected chi connectivity index (χ0v) is 18.7. The van der Waals surface area contributed by atoms with E-state index in [1.54, 1.807) is 30.3 Å². The zero-order valence-electron chi connectivity index (χ0n) is 15.4. The first-order valence-electron chi connectivity index (χ1n) is 8.76. The van der Waals surface area contributed by atoms with Crippen molar-refractivity contribution in [2.75, 3.05) is 37.3 Å². The van der Waals surface area contributed by atoms with Gasteiger partial charge in [-0.25, -0.2) is 21.8 Å². The quantitative estimate of drug-likeness (QED) is 0.581. The van der Waals surface area contributed by atoms with Gasteiger partial charge >= 0.3 is 0 Å². The Bertz CT molecular complexity index is 1260. The maximum Gasteiger partial charge on any atom is 0.243 e. The van der Waals surface area contributed by atoms with Crippen LogP contribution in [0.15, 0.2) is 52.3 Å². The van der Waals surface area contributed by atoms with E-state index in [1.165, 1.54) is 34.0 Å². The molecular weight excluding hydrogens is 454 g/mol. The first-order valence-corrected chi connectivity index (χ1v) is 13.3. The first kappa shape index (κ1) is 20.5. The zero-order chi connectivity index (χ0) is 20.8. The van der Waals surface area contributed by atoms with E-state index in [0.717, 1.165) is 15.3 Å². The molecule has 29 heavy (non-hydrogen) atoms. The molecule has 154 valence electrons. The van der Waals surface area contributed by atoms with Gasteiger partial charge in [-0.15, -0.1) is 0 Å². The molecule has 1 fully saturated rings. The highest BCUT2D eigenvalue weighted by atomic mass is 35.5. The lowest BCUT2D eigenvalue weighted by Crippen LogP contribution is -2.48. The van der Waals surface area contributed by atoms with Gasteiger partial charge in [0, 0.05) is 37.5 Å². The van der Waals surface area contributed by atoms with Crippen molar-refractivity contribution < 1.29 is 16.8 Å². The first-order chi connectivity index (χ1) is 13.6. The summed E-state index contributed by atoms with van der Waals surface area (Å²) < 4.78 is 51.4. The van der Waals surface area contributed by atoms with Gasteiger partial charge in [0.25, 0.3) is 0 Å². The molecule has 0 radical (unpaired) electrons. The fraction of sp³-hybridized carbons (Fsp3) is 0.278. The largest absolute Gasteiger partial charge is 0.345 e. The molecule has 0 N–H and O–H groups in total. The standard InChI is InChI=1S/C18H18ClN3O4S3/c1-28(23,24)15-6-7-16-17(12-15)27-18(20-16)21-8-10-22(11-9-21)29(25,26)14-4-2-13(19)3-5-14/h2-7,12H,8-11H2,1H3. The molecule has 1 aliphatic rings. The Morgan fingerprint density at radius 3 is 2.17 bits per heavy atom. The second-order valence-corrected chi connectivity index (χ2v) is 12.1. The lowest BCUT2D eigenvalue weighted by Gasteiger charge is -2.33. The molecule has 0 saturated carbocycles. The second-order valence-electron chi connectivity index (χ2n) is 6.74. The highest BCUT2D eigenvalue weighted by Gasteiger charge is 2.29. The number of benzene rings is 2. The summed E-state index contributed by atoms with van der Waals surface area (Å²) in [5.41, 5.74) is 0.730. The summed E-state index contributed by atoms with van der Waals surface area (Å²) >= 11 is 7.26. The molecule has 1 aliphatic heterocycles. The van der Waals surface area contributed by atoms with Crippen molar-refractivity contribution in [1.29, 1.82) is 0 Å². The van der Waals surface area contributed by atoms with Crippen LogP contribution in [0.25, 0.3) is 10.2 Å². The molecule has 11 heteroatoms. The van der Waals surface area contributed by atoms with Crippen molar-refractivity contribution in [3.63, 3.8) is 0 Å². The Balaban J connectivity index is 1.51.